The van der Waals surface area contributed by atoms with E-state index in [9.17, 15) is 4.79 Å². The zero-order chi connectivity index (χ0) is 11.5. The zero-order valence-corrected chi connectivity index (χ0v) is 12.0. The van der Waals surface area contributed by atoms with Gasteiger partial charge in [0, 0.05) is 19.1 Å². The van der Waals surface area contributed by atoms with Gasteiger partial charge in [0.1, 0.15) is 0 Å². The summed E-state index contributed by atoms with van der Waals surface area (Å²) in [5.41, 5.74) is 0. The molecule has 0 aliphatic carbocycles. The Kier molecular flexibility index (Phi) is 5.49. The van der Waals surface area contributed by atoms with Crippen molar-refractivity contribution in [3.63, 3.8) is 0 Å². The largest absolute Gasteiger partial charge is 0.444 e. The highest BCUT2D eigenvalue weighted by Crippen LogP contribution is 2.18. The van der Waals surface area contributed by atoms with E-state index in [-0.39, 0.29) is 18.3 Å². The number of furan rings is 1. The summed E-state index contributed by atoms with van der Waals surface area (Å²) in [6, 6.07) is 3.85. The first-order valence-corrected chi connectivity index (χ1v) is 6.22. The van der Waals surface area contributed by atoms with Gasteiger partial charge in [-0.05, 0) is 48.0 Å². The highest BCUT2D eigenvalue weighted by molar-refractivity contribution is 9.10. The Hall–Kier alpha value is -0.520. The third-order valence-electron chi connectivity index (χ3n) is 2.90. The van der Waals surface area contributed by atoms with Gasteiger partial charge in [-0.2, -0.15) is 0 Å². The molecule has 1 aliphatic rings. The Balaban J connectivity index is 0.00000144. The van der Waals surface area contributed by atoms with Crippen LogP contribution in [0.3, 0.4) is 0 Å². The number of likely N-dealkylation sites (N-methyl/N-ethyl adjacent to an activating group) is 1. The third kappa shape index (κ3) is 3.47. The van der Waals surface area contributed by atoms with Crippen LogP contribution in [0.4, 0.5) is 0 Å². The third-order valence-corrected chi connectivity index (χ3v) is 3.33. The van der Waals surface area contributed by atoms with Gasteiger partial charge in [-0.15, -0.1) is 12.4 Å². The van der Waals surface area contributed by atoms with E-state index in [1.807, 2.05) is 11.9 Å². The number of likely N-dealkylation sites (tertiary alicyclic amines) is 1. The number of rotatable bonds is 2. The van der Waals surface area contributed by atoms with Gasteiger partial charge in [0.25, 0.3) is 5.91 Å². The van der Waals surface area contributed by atoms with E-state index >= 15 is 0 Å². The molecule has 1 unspecified atom stereocenters. The molecule has 0 saturated carbocycles. The van der Waals surface area contributed by atoms with Gasteiger partial charge in [-0.25, -0.2) is 0 Å². The first-order chi connectivity index (χ1) is 7.70. The van der Waals surface area contributed by atoms with Crippen LogP contribution in [0.1, 0.15) is 23.4 Å². The van der Waals surface area contributed by atoms with Gasteiger partial charge in [0.05, 0.1) is 0 Å². The topological polar surface area (TPSA) is 45.5 Å². The van der Waals surface area contributed by atoms with Crippen LogP contribution in [-0.2, 0) is 0 Å². The molecule has 1 atom stereocenters. The molecule has 1 aromatic heterocycles. The van der Waals surface area contributed by atoms with E-state index < -0.39 is 0 Å². The second-order valence-electron chi connectivity index (χ2n) is 3.98. The molecule has 96 valence electrons. The molecular weight excluding hydrogens is 307 g/mol. The lowest BCUT2D eigenvalue weighted by Gasteiger charge is -2.31. The van der Waals surface area contributed by atoms with Crippen LogP contribution < -0.4 is 5.32 Å². The van der Waals surface area contributed by atoms with E-state index in [1.165, 1.54) is 0 Å². The number of nitrogens with zero attached hydrogens (tertiary/aromatic N) is 1. The van der Waals surface area contributed by atoms with Gasteiger partial charge >= 0.3 is 0 Å². The van der Waals surface area contributed by atoms with Crippen molar-refractivity contribution < 1.29 is 9.21 Å². The van der Waals surface area contributed by atoms with Gasteiger partial charge in [0.15, 0.2) is 10.4 Å². The molecule has 6 heteroatoms. The summed E-state index contributed by atoms with van der Waals surface area (Å²) >= 11 is 3.20. The number of halogens is 2. The number of piperidine rings is 1. The Morgan fingerprint density at radius 1 is 1.59 bits per heavy atom. The summed E-state index contributed by atoms with van der Waals surface area (Å²) in [5.74, 6) is 0.384. The summed E-state index contributed by atoms with van der Waals surface area (Å²) in [6.45, 7) is 1.57. The fourth-order valence-corrected chi connectivity index (χ4v) is 2.29. The number of nitrogens with one attached hydrogen (secondary N) is 1. The fourth-order valence-electron chi connectivity index (χ4n) is 1.98. The second-order valence-corrected chi connectivity index (χ2v) is 4.76. The smallest absolute Gasteiger partial charge is 0.289 e. The van der Waals surface area contributed by atoms with Gasteiger partial charge in [0.2, 0.25) is 0 Å². The zero-order valence-electron chi connectivity index (χ0n) is 9.61. The Bertz CT molecular complexity index is 383. The Morgan fingerprint density at radius 3 is 2.94 bits per heavy atom. The molecular formula is C11H16BrClN2O2. The number of carbonyl (C=O) groups is 1. The van der Waals surface area contributed by atoms with Crippen molar-refractivity contribution in [3.8, 4) is 0 Å². The highest BCUT2D eigenvalue weighted by atomic mass is 79.9. The minimum Gasteiger partial charge on any atom is -0.444 e. The van der Waals surface area contributed by atoms with Crippen LogP contribution in [-0.4, -0.2) is 37.0 Å². The number of carbonyl (C=O) groups excluding carboxylic acids is 1. The number of hydrogen-bond donors (Lipinski definition) is 1. The van der Waals surface area contributed by atoms with Gasteiger partial charge in [-0.3, -0.25) is 4.79 Å². The van der Waals surface area contributed by atoms with Crippen molar-refractivity contribution in [2.75, 3.05) is 20.1 Å². The van der Waals surface area contributed by atoms with Crippen molar-refractivity contribution in [1.29, 1.82) is 0 Å². The summed E-state index contributed by atoms with van der Waals surface area (Å²) in [5, 5.41) is 3.21. The summed E-state index contributed by atoms with van der Waals surface area (Å²) < 4.78 is 5.87. The Labute approximate surface area is 115 Å². The molecule has 4 nitrogen and oxygen atoms in total. The molecule has 0 radical (unpaired) electrons. The molecule has 0 bridgehead atoms. The Morgan fingerprint density at radius 2 is 2.35 bits per heavy atom. The van der Waals surface area contributed by atoms with E-state index in [0.29, 0.717) is 16.5 Å². The SMILES string of the molecule is CNC1CCCN(C(=O)c2ccc(Br)o2)C1.Cl. The normalized spacial score (nSPS) is 19.9. The van der Waals surface area contributed by atoms with Crippen LogP contribution >= 0.6 is 28.3 Å². The molecule has 0 aromatic carbocycles. The van der Waals surface area contributed by atoms with E-state index in [1.54, 1.807) is 12.1 Å². The molecule has 0 spiro atoms. The lowest BCUT2D eigenvalue weighted by molar-refractivity contribution is 0.0664. The van der Waals surface area contributed by atoms with Crippen molar-refractivity contribution in [3.05, 3.63) is 22.6 Å². The molecule has 1 aromatic rings. The molecule has 17 heavy (non-hydrogen) atoms. The molecule has 1 fully saturated rings. The van der Waals surface area contributed by atoms with Gasteiger partial charge < -0.3 is 14.6 Å². The van der Waals surface area contributed by atoms with Crippen LogP contribution in [0.25, 0.3) is 0 Å². The number of amides is 1. The van der Waals surface area contributed by atoms with Crippen LogP contribution in [0.5, 0.6) is 0 Å². The molecule has 1 amide bonds. The molecule has 1 aliphatic heterocycles. The van der Waals surface area contributed by atoms with E-state index in [2.05, 4.69) is 21.2 Å². The summed E-state index contributed by atoms with van der Waals surface area (Å²) in [6.07, 6.45) is 2.17. The minimum atomic E-state index is -0.0225. The predicted molar refractivity (Wildman–Crippen MR) is 71.6 cm³/mol. The van der Waals surface area contributed by atoms with E-state index in [4.69, 9.17) is 4.42 Å². The van der Waals surface area contributed by atoms with Gasteiger partial charge in [-0.1, -0.05) is 0 Å². The monoisotopic (exact) mass is 322 g/mol. The van der Waals surface area contributed by atoms with Crippen molar-refractivity contribution >= 4 is 34.2 Å². The average molecular weight is 324 g/mol. The lowest BCUT2D eigenvalue weighted by Crippen LogP contribution is -2.46. The van der Waals surface area contributed by atoms with Crippen LogP contribution in [0.2, 0.25) is 0 Å². The van der Waals surface area contributed by atoms with Crippen LogP contribution in [0, 0.1) is 0 Å². The van der Waals surface area contributed by atoms with Crippen LogP contribution in [0.15, 0.2) is 21.2 Å². The first-order valence-electron chi connectivity index (χ1n) is 5.42. The second kappa shape index (κ2) is 6.42. The average Bonchev–Trinajstić information content (AvgIpc) is 2.75. The summed E-state index contributed by atoms with van der Waals surface area (Å²) in [7, 11) is 1.93. The maximum atomic E-state index is 12.1. The molecule has 1 N–H and O–H groups in total. The van der Waals surface area contributed by atoms with Crippen molar-refractivity contribution in [2.45, 2.75) is 18.9 Å². The lowest BCUT2D eigenvalue weighted by atomic mass is 10.1. The quantitative estimate of drug-likeness (QED) is 0.908. The summed E-state index contributed by atoms with van der Waals surface area (Å²) in [4.78, 5) is 13.9. The maximum absolute atomic E-state index is 12.1. The van der Waals surface area contributed by atoms with Crippen molar-refractivity contribution in [2.24, 2.45) is 0 Å². The molecule has 2 rings (SSSR count). The highest BCUT2D eigenvalue weighted by Gasteiger charge is 2.25. The number of hydrogen-bond acceptors (Lipinski definition) is 3. The molecule has 1 saturated heterocycles. The first kappa shape index (κ1) is 14.5. The minimum absolute atomic E-state index is 0. The maximum Gasteiger partial charge on any atom is 0.289 e. The predicted octanol–water partition coefficient (Wildman–Crippen LogP) is 2.29. The molecule has 2 heterocycles. The fraction of sp³-hybridized carbons (Fsp3) is 0.545. The van der Waals surface area contributed by atoms with E-state index in [0.717, 1.165) is 25.9 Å². The van der Waals surface area contributed by atoms with Crippen molar-refractivity contribution in [1.82, 2.24) is 10.2 Å². The standard InChI is InChI=1S/C11H15BrN2O2.ClH/c1-13-8-3-2-6-14(7-8)11(15)9-4-5-10(12)16-9;/h4-5,8,13H,2-3,6-7H2,1H3;1H.